The average molecular weight is 330 g/mol. The number of hydrogen-bond acceptors (Lipinski definition) is 4. The van der Waals surface area contributed by atoms with Crippen molar-refractivity contribution in [1.82, 2.24) is 20.3 Å². The number of pyridine rings is 1. The lowest BCUT2D eigenvalue weighted by atomic mass is 9.94. The number of halogens is 3. The summed E-state index contributed by atoms with van der Waals surface area (Å²) in [5.41, 5.74) is -0.502. The molecule has 0 spiro atoms. The van der Waals surface area contributed by atoms with Crippen molar-refractivity contribution in [1.29, 1.82) is 0 Å². The lowest BCUT2D eigenvalue weighted by Gasteiger charge is -2.27. The number of carbonyl (C=O) groups is 1. The number of imidazole rings is 1. The van der Waals surface area contributed by atoms with E-state index in [-0.39, 0.29) is 18.7 Å². The van der Waals surface area contributed by atoms with Gasteiger partial charge in [0.25, 0.3) is 5.91 Å². The Morgan fingerprint density at radius 3 is 2.74 bits per heavy atom. The minimum absolute atomic E-state index is 0.0823. The topological polar surface area (TPSA) is 90.9 Å². The van der Waals surface area contributed by atoms with Crippen molar-refractivity contribution >= 4 is 17.1 Å². The first-order chi connectivity index (χ1) is 10.7. The Balaban J connectivity index is 1.98. The molecule has 2 aromatic heterocycles. The second-order valence-corrected chi connectivity index (χ2v) is 5.35. The van der Waals surface area contributed by atoms with Gasteiger partial charge in [0.1, 0.15) is 5.69 Å². The predicted molar refractivity (Wildman–Crippen MR) is 76.8 cm³/mol. The van der Waals surface area contributed by atoms with Crippen LogP contribution in [-0.2, 0) is 0 Å². The Kier molecular flexibility index (Phi) is 4.88. The van der Waals surface area contributed by atoms with Crippen LogP contribution in [0.1, 0.15) is 36.7 Å². The number of rotatable bonds is 6. The van der Waals surface area contributed by atoms with E-state index < -0.39 is 30.5 Å². The molecule has 0 radical (unpaired) electrons. The largest absolute Gasteiger partial charge is 0.389 e. The smallest absolute Gasteiger partial charge is 0.388 e. The molecule has 0 aliphatic heterocycles. The normalized spacial score (nSPS) is 14.7. The van der Waals surface area contributed by atoms with Crippen LogP contribution in [0, 0.1) is 0 Å². The Morgan fingerprint density at radius 1 is 1.35 bits per heavy atom. The first-order valence-corrected chi connectivity index (χ1v) is 7.10. The fourth-order valence-electron chi connectivity index (χ4n) is 2.05. The molecule has 23 heavy (non-hydrogen) atoms. The highest BCUT2D eigenvalue weighted by Crippen LogP contribution is 2.27. The van der Waals surface area contributed by atoms with E-state index in [0.29, 0.717) is 11.2 Å². The van der Waals surface area contributed by atoms with Crippen molar-refractivity contribution < 1.29 is 23.1 Å². The second kappa shape index (κ2) is 6.53. The van der Waals surface area contributed by atoms with Crippen molar-refractivity contribution in [2.24, 2.45) is 0 Å². The minimum Gasteiger partial charge on any atom is -0.388 e. The fourth-order valence-corrected chi connectivity index (χ4v) is 2.05. The molecule has 0 aromatic carbocycles. The summed E-state index contributed by atoms with van der Waals surface area (Å²) in [6.07, 6.45) is -4.40. The van der Waals surface area contributed by atoms with Gasteiger partial charge in [0.05, 0.1) is 17.4 Å². The average Bonchev–Trinajstić information content (AvgIpc) is 2.97. The van der Waals surface area contributed by atoms with E-state index in [0.717, 1.165) is 0 Å². The summed E-state index contributed by atoms with van der Waals surface area (Å²) in [6, 6.07) is 3.09. The highest BCUT2D eigenvalue weighted by molar-refractivity contribution is 5.94. The lowest BCUT2D eigenvalue weighted by molar-refractivity contribution is -0.146. The van der Waals surface area contributed by atoms with Crippen LogP contribution in [0.2, 0.25) is 0 Å². The summed E-state index contributed by atoms with van der Waals surface area (Å²) in [4.78, 5) is 22.8. The third-order valence-corrected chi connectivity index (χ3v) is 3.62. The molecule has 126 valence electrons. The van der Waals surface area contributed by atoms with Crippen molar-refractivity contribution in [3.63, 3.8) is 0 Å². The molecular formula is C14H17F3N4O2. The van der Waals surface area contributed by atoms with Gasteiger partial charge in [-0.2, -0.15) is 13.2 Å². The number of hydrogen-bond donors (Lipinski definition) is 3. The van der Waals surface area contributed by atoms with Crippen molar-refractivity contribution in [2.75, 3.05) is 6.54 Å². The molecule has 2 aromatic rings. The molecule has 1 atom stereocenters. The molecule has 1 amide bonds. The van der Waals surface area contributed by atoms with Gasteiger partial charge >= 0.3 is 6.18 Å². The summed E-state index contributed by atoms with van der Waals surface area (Å²) >= 11 is 0. The molecule has 2 heterocycles. The third-order valence-electron chi connectivity index (χ3n) is 3.62. The van der Waals surface area contributed by atoms with Gasteiger partial charge < -0.3 is 15.4 Å². The van der Waals surface area contributed by atoms with E-state index in [2.05, 4.69) is 20.3 Å². The Labute approximate surface area is 130 Å². The van der Waals surface area contributed by atoms with Gasteiger partial charge in [0.15, 0.2) is 5.65 Å². The molecule has 1 unspecified atom stereocenters. The van der Waals surface area contributed by atoms with Crippen LogP contribution >= 0.6 is 0 Å². The van der Waals surface area contributed by atoms with Crippen LogP contribution in [0.15, 0.2) is 18.5 Å². The minimum atomic E-state index is -4.35. The molecule has 9 heteroatoms. The zero-order chi connectivity index (χ0) is 17.1. The number of aromatic amines is 1. The van der Waals surface area contributed by atoms with Crippen LogP contribution in [0.5, 0.6) is 0 Å². The van der Waals surface area contributed by atoms with Crippen molar-refractivity contribution in [3.8, 4) is 0 Å². The maximum absolute atomic E-state index is 12.3. The number of aliphatic hydroxyl groups is 1. The lowest BCUT2D eigenvalue weighted by Crippen LogP contribution is -2.43. The van der Waals surface area contributed by atoms with E-state index in [4.69, 9.17) is 0 Å². The maximum Gasteiger partial charge on any atom is 0.389 e. The third kappa shape index (κ3) is 4.65. The van der Waals surface area contributed by atoms with Crippen LogP contribution in [0.4, 0.5) is 13.2 Å². The zero-order valence-electron chi connectivity index (χ0n) is 12.4. The van der Waals surface area contributed by atoms with E-state index in [9.17, 15) is 23.1 Å². The van der Waals surface area contributed by atoms with Crippen LogP contribution in [-0.4, -0.2) is 44.3 Å². The monoisotopic (exact) mass is 330 g/mol. The molecule has 6 nitrogen and oxygen atoms in total. The van der Waals surface area contributed by atoms with Gasteiger partial charge in [-0.05, 0) is 25.0 Å². The molecule has 0 bridgehead atoms. The maximum atomic E-state index is 12.3. The van der Waals surface area contributed by atoms with Crippen molar-refractivity contribution in [2.45, 2.75) is 38.0 Å². The fraction of sp³-hybridized carbons (Fsp3) is 0.500. The Bertz CT molecular complexity index is 686. The number of carbonyl (C=O) groups excluding carboxylic acids is 1. The number of alkyl halides is 3. The van der Waals surface area contributed by atoms with E-state index >= 15 is 0 Å². The highest BCUT2D eigenvalue weighted by Gasteiger charge is 2.34. The van der Waals surface area contributed by atoms with Crippen LogP contribution < -0.4 is 5.32 Å². The summed E-state index contributed by atoms with van der Waals surface area (Å²) in [6.45, 7) is 1.29. The second-order valence-electron chi connectivity index (χ2n) is 5.35. The molecule has 0 aliphatic rings. The Hall–Kier alpha value is -2.16. The van der Waals surface area contributed by atoms with Gasteiger partial charge in [-0.25, -0.2) is 9.97 Å². The number of fused-ring (bicyclic) bond motifs is 1. The molecule has 0 fully saturated rings. The Morgan fingerprint density at radius 2 is 2.09 bits per heavy atom. The van der Waals surface area contributed by atoms with Gasteiger partial charge in [-0.1, -0.05) is 6.92 Å². The van der Waals surface area contributed by atoms with Gasteiger partial charge in [0, 0.05) is 13.0 Å². The quantitative estimate of drug-likeness (QED) is 0.757. The standard InChI is InChI=1S/C14H17F3N4O2/c1-2-13(23,5-6-14(15,16)17)7-18-12(22)10-4-3-9-11(21-10)20-8-19-9/h3-4,8,23H,2,5-7H2,1H3,(H,18,22)(H,19,20,21). The zero-order valence-corrected chi connectivity index (χ0v) is 12.4. The van der Waals surface area contributed by atoms with Crippen molar-refractivity contribution in [3.05, 3.63) is 24.2 Å². The van der Waals surface area contributed by atoms with Crippen LogP contribution in [0.3, 0.4) is 0 Å². The predicted octanol–water partition coefficient (Wildman–Crippen LogP) is 2.17. The molecule has 3 N–H and O–H groups in total. The first-order valence-electron chi connectivity index (χ1n) is 7.10. The number of amides is 1. The summed E-state index contributed by atoms with van der Waals surface area (Å²) in [5.74, 6) is -0.575. The molecular weight excluding hydrogens is 313 g/mol. The number of nitrogens with zero attached hydrogens (tertiary/aromatic N) is 2. The van der Waals surface area contributed by atoms with E-state index in [1.807, 2.05) is 0 Å². The first kappa shape index (κ1) is 17.2. The SMILES string of the molecule is CCC(O)(CCC(F)(F)F)CNC(=O)c1ccc2[nH]cnc2n1. The molecule has 0 saturated heterocycles. The van der Waals surface area contributed by atoms with E-state index in [1.165, 1.54) is 12.4 Å². The highest BCUT2D eigenvalue weighted by atomic mass is 19.4. The number of nitrogens with one attached hydrogen (secondary N) is 2. The van der Waals surface area contributed by atoms with Crippen LogP contribution in [0.25, 0.3) is 11.2 Å². The molecule has 0 aliphatic carbocycles. The number of H-pyrrole nitrogens is 1. The van der Waals surface area contributed by atoms with Gasteiger partial charge in [0.2, 0.25) is 0 Å². The summed E-state index contributed by atoms with van der Waals surface area (Å²) in [5, 5.41) is 12.6. The number of aromatic nitrogens is 3. The molecule has 2 rings (SSSR count). The van der Waals surface area contributed by atoms with Gasteiger partial charge in [-0.3, -0.25) is 4.79 Å². The summed E-state index contributed by atoms with van der Waals surface area (Å²) < 4.78 is 36.9. The summed E-state index contributed by atoms with van der Waals surface area (Å²) in [7, 11) is 0. The molecule has 0 saturated carbocycles. The van der Waals surface area contributed by atoms with E-state index in [1.54, 1.807) is 13.0 Å². The van der Waals surface area contributed by atoms with Gasteiger partial charge in [-0.15, -0.1) is 0 Å².